The zero-order valence-electron chi connectivity index (χ0n) is 6.91. The molecule has 2 fully saturated rings. The van der Waals surface area contributed by atoms with Crippen LogP contribution in [0.3, 0.4) is 0 Å². The van der Waals surface area contributed by atoms with Crippen molar-refractivity contribution in [2.24, 2.45) is 0 Å². The molecule has 0 spiro atoms. The first-order valence-electron chi connectivity index (χ1n) is 4.17. The maximum Gasteiger partial charge on any atom is 0.120 e. The van der Waals surface area contributed by atoms with Gasteiger partial charge in [0.1, 0.15) is 17.8 Å². The summed E-state index contributed by atoms with van der Waals surface area (Å²) in [5, 5.41) is 9.70. The van der Waals surface area contributed by atoms with E-state index in [2.05, 4.69) is 0 Å². The highest BCUT2D eigenvalue weighted by Gasteiger charge is 2.58. The highest BCUT2D eigenvalue weighted by molar-refractivity contribution is 5.05. The summed E-state index contributed by atoms with van der Waals surface area (Å²) in [6.07, 6.45) is 0.380. The predicted molar refractivity (Wildman–Crippen MR) is 39.3 cm³/mol. The normalized spacial score (nSPS) is 55.4. The van der Waals surface area contributed by atoms with Crippen LogP contribution in [0.25, 0.3) is 0 Å². The molecule has 0 aromatic rings. The molecule has 0 aromatic carbocycles. The molecule has 4 atom stereocenters. The highest BCUT2D eigenvalue weighted by Crippen LogP contribution is 2.41. The third kappa shape index (κ3) is 0.789. The molecule has 3 heteroatoms. The molecule has 2 bridgehead atoms. The molecule has 0 amide bonds. The lowest BCUT2D eigenvalue weighted by Gasteiger charge is -2.27. The van der Waals surface area contributed by atoms with Crippen LogP contribution < -0.4 is 0 Å². The molecular weight excluding hydrogens is 144 g/mol. The van der Waals surface area contributed by atoms with Crippen LogP contribution >= 0.6 is 0 Å². The van der Waals surface area contributed by atoms with Gasteiger partial charge in [-0.1, -0.05) is 6.92 Å². The van der Waals surface area contributed by atoms with Gasteiger partial charge in [0, 0.05) is 0 Å². The summed E-state index contributed by atoms with van der Waals surface area (Å²) in [6, 6.07) is 0. The highest BCUT2D eigenvalue weighted by atomic mass is 16.6. The van der Waals surface area contributed by atoms with Crippen LogP contribution in [0.2, 0.25) is 0 Å². The van der Waals surface area contributed by atoms with Crippen molar-refractivity contribution >= 4 is 0 Å². The maximum atomic E-state index is 9.70. The lowest BCUT2D eigenvalue weighted by molar-refractivity contribution is -0.139. The third-order valence-electron chi connectivity index (χ3n) is 2.85. The molecule has 2 aliphatic heterocycles. The first-order chi connectivity index (χ1) is 5.19. The third-order valence-corrected chi connectivity index (χ3v) is 2.85. The fourth-order valence-electron chi connectivity index (χ4n) is 2.04. The monoisotopic (exact) mass is 158 g/mol. The smallest absolute Gasteiger partial charge is 0.120 e. The molecule has 64 valence electrons. The minimum absolute atomic E-state index is 0.0544. The number of aliphatic hydroxyl groups excluding tert-OH is 1. The van der Waals surface area contributed by atoms with Gasteiger partial charge in [-0.3, -0.25) is 0 Å². The Hall–Kier alpha value is -0.120. The first kappa shape index (κ1) is 7.53. The van der Waals surface area contributed by atoms with E-state index in [-0.39, 0.29) is 17.8 Å². The molecule has 2 heterocycles. The second-order valence-corrected chi connectivity index (χ2v) is 3.46. The standard InChI is InChI=1S/C8H14O3/c1-3-8-4-10-6(7(8)9)5(2)11-8/h5-7,9H,3-4H2,1-2H3/t5-,6?,7+,8-/m0/s1. The number of rotatable bonds is 1. The molecule has 0 aliphatic carbocycles. The summed E-state index contributed by atoms with van der Waals surface area (Å²) in [5.41, 5.74) is -0.385. The van der Waals surface area contributed by atoms with Crippen molar-refractivity contribution in [2.75, 3.05) is 6.61 Å². The Morgan fingerprint density at radius 3 is 2.64 bits per heavy atom. The molecule has 0 saturated carbocycles. The Morgan fingerprint density at radius 2 is 2.36 bits per heavy atom. The molecule has 0 radical (unpaired) electrons. The Balaban J connectivity index is 2.24. The molecule has 2 saturated heterocycles. The van der Waals surface area contributed by atoms with E-state index in [4.69, 9.17) is 9.47 Å². The number of hydrogen-bond donors (Lipinski definition) is 1. The molecule has 1 N–H and O–H groups in total. The van der Waals surface area contributed by atoms with E-state index in [0.29, 0.717) is 6.61 Å². The first-order valence-corrected chi connectivity index (χ1v) is 4.17. The van der Waals surface area contributed by atoms with Crippen molar-refractivity contribution in [3.05, 3.63) is 0 Å². The van der Waals surface area contributed by atoms with Crippen LogP contribution in [0, 0.1) is 0 Å². The summed E-state index contributed by atoms with van der Waals surface area (Å²) in [5.74, 6) is 0. The van der Waals surface area contributed by atoms with Gasteiger partial charge in [-0.2, -0.15) is 0 Å². The van der Waals surface area contributed by atoms with Crippen LogP contribution in [0.5, 0.6) is 0 Å². The molecular formula is C8H14O3. The van der Waals surface area contributed by atoms with Gasteiger partial charge in [-0.15, -0.1) is 0 Å². The molecule has 2 rings (SSSR count). The van der Waals surface area contributed by atoms with Gasteiger partial charge in [0.25, 0.3) is 0 Å². The SMILES string of the molecule is CC[C@@]12COC([C@H](C)O1)[C@H]2O. The van der Waals surface area contributed by atoms with Crippen LogP contribution in [-0.4, -0.2) is 35.6 Å². The zero-order chi connectivity index (χ0) is 8.06. The summed E-state index contributed by atoms with van der Waals surface area (Å²) < 4.78 is 11.0. The predicted octanol–water partition coefficient (Wildman–Crippen LogP) is 0.314. The van der Waals surface area contributed by atoms with Gasteiger partial charge < -0.3 is 14.6 Å². The zero-order valence-corrected chi connectivity index (χ0v) is 6.91. The Bertz CT molecular complexity index is 171. The number of ether oxygens (including phenoxy) is 2. The van der Waals surface area contributed by atoms with Crippen molar-refractivity contribution < 1.29 is 14.6 Å². The number of hydrogen-bond acceptors (Lipinski definition) is 3. The van der Waals surface area contributed by atoms with Gasteiger partial charge in [0.05, 0.1) is 12.7 Å². The van der Waals surface area contributed by atoms with E-state index in [1.807, 2.05) is 13.8 Å². The van der Waals surface area contributed by atoms with E-state index >= 15 is 0 Å². The Kier molecular flexibility index (Phi) is 1.50. The summed E-state index contributed by atoms with van der Waals surface area (Å²) in [6.45, 7) is 4.52. The van der Waals surface area contributed by atoms with Crippen molar-refractivity contribution in [1.82, 2.24) is 0 Å². The van der Waals surface area contributed by atoms with Crippen LogP contribution in [0.15, 0.2) is 0 Å². The van der Waals surface area contributed by atoms with Gasteiger partial charge >= 0.3 is 0 Å². The maximum absolute atomic E-state index is 9.70. The average Bonchev–Trinajstić information content (AvgIpc) is 2.42. The van der Waals surface area contributed by atoms with Crippen molar-refractivity contribution in [3.8, 4) is 0 Å². The fourth-order valence-corrected chi connectivity index (χ4v) is 2.04. The lowest BCUT2D eigenvalue weighted by Crippen LogP contribution is -2.39. The fraction of sp³-hybridized carbons (Fsp3) is 1.00. The van der Waals surface area contributed by atoms with E-state index in [9.17, 15) is 5.11 Å². The van der Waals surface area contributed by atoms with E-state index in [1.165, 1.54) is 0 Å². The van der Waals surface area contributed by atoms with Crippen LogP contribution in [0.1, 0.15) is 20.3 Å². The van der Waals surface area contributed by atoms with E-state index < -0.39 is 6.10 Å². The van der Waals surface area contributed by atoms with E-state index in [1.54, 1.807) is 0 Å². The van der Waals surface area contributed by atoms with Gasteiger partial charge in [-0.05, 0) is 13.3 Å². The molecule has 3 nitrogen and oxygen atoms in total. The van der Waals surface area contributed by atoms with Crippen molar-refractivity contribution in [3.63, 3.8) is 0 Å². The second-order valence-electron chi connectivity index (χ2n) is 3.46. The summed E-state index contributed by atoms with van der Waals surface area (Å²) in [7, 11) is 0. The molecule has 1 unspecified atom stereocenters. The lowest BCUT2D eigenvalue weighted by atomic mass is 9.96. The number of fused-ring (bicyclic) bond motifs is 2. The summed E-state index contributed by atoms with van der Waals surface area (Å²) in [4.78, 5) is 0. The van der Waals surface area contributed by atoms with Crippen molar-refractivity contribution in [2.45, 2.75) is 44.2 Å². The quantitative estimate of drug-likeness (QED) is 0.597. The van der Waals surface area contributed by atoms with Crippen LogP contribution in [-0.2, 0) is 9.47 Å². The Morgan fingerprint density at radius 1 is 1.64 bits per heavy atom. The van der Waals surface area contributed by atoms with Gasteiger partial charge in [0.2, 0.25) is 0 Å². The molecule has 0 aromatic heterocycles. The number of aliphatic hydroxyl groups is 1. The topological polar surface area (TPSA) is 38.7 Å². The average molecular weight is 158 g/mol. The Labute approximate surface area is 66.3 Å². The minimum Gasteiger partial charge on any atom is -0.387 e. The largest absolute Gasteiger partial charge is 0.387 e. The second kappa shape index (κ2) is 2.19. The van der Waals surface area contributed by atoms with E-state index in [0.717, 1.165) is 6.42 Å². The van der Waals surface area contributed by atoms with Crippen molar-refractivity contribution in [1.29, 1.82) is 0 Å². The summed E-state index contributed by atoms with van der Waals surface area (Å²) >= 11 is 0. The van der Waals surface area contributed by atoms with Gasteiger partial charge in [0.15, 0.2) is 0 Å². The van der Waals surface area contributed by atoms with Gasteiger partial charge in [-0.25, -0.2) is 0 Å². The molecule has 11 heavy (non-hydrogen) atoms. The van der Waals surface area contributed by atoms with Crippen LogP contribution in [0.4, 0.5) is 0 Å². The molecule has 2 aliphatic rings. The minimum atomic E-state index is -0.414.